The molecule has 7 aromatic carbocycles. The van der Waals surface area contributed by atoms with E-state index in [9.17, 15) is 0 Å². The summed E-state index contributed by atoms with van der Waals surface area (Å²) < 4.78 is 51.1. The number of aryl methyl sites for hydroxylation is 1. The van der Waals surface area contributed by atoms with Crippen molar-refractivity contribution in [1.82, 2.24) is 28.7 Å². The van der Waals surface area contributed by atoms with Gasteiger partial charge in [0.25, 0.3) is 0 Å². The average Bonchev–Trinajstić information content (AvgIpc) is 4.22. The van der Waals surface area contributed by atoms with E-state index >= 15 is 0 Å². The summed E-state index contributed by atoms with van der Waals surface area (Å²) in [5, 5.41) is 11.5. The first-order chi connectivity index (χ1) is 36.4. The van der Waals surface area contributed by atoms with Gasteiger partial charge in [-0.3, -0.25) is 0 Å². The Hall–Kier alpha value is -8.55. The van der Waals surface area contributed by atoms with Gasteiger partial charge in [-0.15, -0.1) is 0 Å². The molecule has 386 valence electrons. The molecular weight excluding hydrogens is 1090 g/mol. The van der Waals surface area contributed by atoms with Gasteiger partial charge in [0.05, 0.1) is 92.5 Å². The Bertz CT molecular complexity index is 3510. The molecule has 0 fully saturated rings. The molecule has 19 heteroatoms. The minimum atomic E-state index is 0.448. The Kier molecular flexibility index (Phi) is 16.9. The third-order valence-corrected chi connectivity index (χ3v) is 12.7. The number of nitrogens with one attached hydrogen (secondary N) is 2. The number of methoxy groups -OCH3 is 8. The van der Waals surface area contributed by atoms with Gasteiger partial charge in [-0.25, -0.2) is 15.0 Å². The molecule has 3 aromatic heterocycles. The number of nitrogen functional groups attached to an aromatic ring is 1. The first-order valence-electron chi connectivity index (χ1n) is 23.0. The fraction of sp³-hybridized carbons (Fsp3) is 0.161. The minimum absolute atomic E-state index is 0.448. The molecule has 10 aromatic rings. The fourth-order valence-electron chi connectivity index (χ4n) is 8.14. The van der Waals surface area contributed by atoms with Crippen LogP contribution in [0.15, 0.2) is 156 Å². The largest absolute Gasteiger partial charge is 0.493 e. The van der Waals surface area contributed by atoms with Crippen LogP contribution in [0.2, 0.25) is 0 Å². The van der Waals surface area contributed by atoms with Gasteiger partial charge in [0.1, 0.15) is 36.4 Å². The van der Waals surface area contributed by atoms with Crippen LogP contribution in [0.5, 0.6) is 46.0 Å². The number of ether oxygens (including phenoxy) is 8. The molecule has 0 saturated heterocycles. The van der Waals surface area contributed by atoms with E-state index in [4.69, 9.17) is 43.6 Å². The zero-order valence-corrected chi connectivity index (χ0v) is 45.8. The number of imidazole rings is 3. The van der Waals surface area contributed by atoms with Gasteiger partial charge >= 0.3 is 0 Å². The second-order valence-electron chi connectivity index (χ2n) is 16.5. The summed E-state index contributed by atoms with van der Waals surface area (Å²) in [6.07, 6.45) is 10.7. The normalized spacial score (nSPS) is 10.7. The Balaban J connectivity index is 0.000000201. The molecule has 0 amide bonds. The van der Waals surface area contributed by atoms with Gasteiger partial charge in [0.2, 0.25) is 11.5 Å². The molecule has 0 bridgehead atoms. The van der Waals surface area contributed by atoms with E-state index < -0.39 is 0 Å². The molecule has 0 aliphatic heterocycles. The highest BCUT2D eigenvalue weighted by Crippen LogP contribution is 2.41. The number of aromatic nitrogens is 6. The summed E-state index contributed by atoms with van der Waals surface area (Å²) in [4.78, 5) is 13.1. The molecule has 75 heavy (non-hydrogen) atoms. The first-order valence-corrected chi connectivity index (χ1v) is 24.6. The number of nitrogens with two attached hydrogens (primary N) is 1. The molecule has 0 aliphatic rings. The van der Waals surface area contributed by atoms with Crippen molar-refractivity contribution >= 4 is 82.2 Å². The number of fused-ring (bicyclic) bond motifs is 2. The number of rotatable bonds is 15. The Morgan fingerprint density at radius 3 is 1.15 bits per heavy atom. The summed E-state index contributed by atoms with van der Waals surface area (Å²) in [5.41, 5.74) is 11.0. The van der Waals surface area contributed by atoms with E-state index in [1.807, 2.05) is 77.0 Å². The summed E-state index contributed by atoms with van der Waals surface area (Å²) >= 11 is 6.88. The van der Waals surface area contributed by atoms with Crippen LogP contribution in [0.4, 0.5) is 28.8 Å². The third-order valence-electron chi connectivity index (χ3n) is 11.8. The van der Waals surface area contributed by atoms with E-state index in [0.29, 0.717) is 57.7 Å². The quantitative estimate of drug-likeness (QED) is 0.0883. The second kappa shape index (κ2) is 24.0. The maximum Gasteiger partial charge on any atom is 0.203 e. The number of anilines is 5. The third kappa shape index (κ3) is 12.3. The Labute approximate surface area is 450 Å². The first kappa shape index (κ1) is 52.8. The van der Waals surface area contributed by atoms with Crippen LogP contribution >= 0.6 is 31.9 Å². The van der Waals surface area contributed by atoms with E-state index in [-0.39, 0.29) is 0 Å². The number of halogens is 2. The van der Waals surface area contributed by atoms with Gasteiger partial charge in [-0.1, -0.05) is 56.1 Å². The molecular formula is C56H55Br2N9O8. The maximum atomic E-state index is 5.59. The predicted octanol–water partition coefficient (Wildman–Crippen LogP) is 12.9. The lowest BCUT2D eigenvalue weighted by atomic mass is 10.1. The highest BCUT2D eigenvalue weighted by molar-refractivity contribution is 9.10. The van der Waals surface area contributed by atoms with Crippen LogP contribution in [0.25, 0.3) is 38.6 Å². The van der Waals surface area contributed by atoms with Gasteiger partial charge < -0.3 is 68.0 Å². The van der Waals surface area contributed by atoms with Crippen LogP contribution in [0.1, 0.15) is 5.56 Å². The van der Waals surface area contributed by atoms with Gasteiger partial charge in [0.15, 0.2) is 34.5 Å². The van der Waals surface area contributed by atoms with Gasteiger partial charge in [-0.2, -0.15) is 0 Å². The molecule has 17 nitrogen and oxygen atoms in total. The van der Waals surface area contributed by atoms with E-state index in [1.54, 1.807) is 86.6 Å². The van der Waals surface area contributed by atoms with Crippen molar-refractivity contribution in [3.63, 3.8) is 0 Å². The molecule has 4 N–H and O–H groups in total. The summed E-state index contributed by atoms with van der Waals surface area (Å²) in [6, 6.07) is 36.3. The SMILES string of the molecule is Brc1ccc2ccc(Br)cc2c1.COc1cc(-n2cnc(N)c2)cc(OC)c1OC.COc1cc(-n2cnc(Nc3ccc4ccc(Nc5cn(-c6cc(OC)c(OC)c(OC)c6)cn5)cc4c3)c2)cc(C)c1OC. The van der Waals surface area contributed by atoms with Crippen molar-refractivity contribution in [2.75, 3.05) is 73.2 Å². The Morgan fingerprint density at radius 1 is 0.400 bits per heavy atom. The molecule has 10 rings (SSSR count). The second-order valence-corrected chi connectivity index (χ2v) is 18.3. The average molecular weight is 1140 g/mol. The number of benzene rings is 7. The zero-order chi connectivity index (χ0) is 53.2. The van der Waals surface area contributed by atoms with Crippen molar-refractivity contribution in [2.45, 2.75) is 6.92 Å². The monoisotopic (exact) mass is 1140 g/mol. The van der Waals surface area contributed by atoms with Crippen LogP contribution in [-0.2, 0) is 0 Å². The molecule has 0 unspecified atom stereocenters. The molecule has 0 atom stereocenters. The van der Waals surface area contributed by atoms with E-state index in [0.717, 1.165) is 59.5 Å². The molecule has 0 radical (unpaired) electrons. The lowest BCUT2D eigenvalue weighted by Gasteiger charge is -2.14. The number of hydrogen-bond acceptors (Lipinski definition) is 14. The maximum absolute atomic E-state index is 5.59. The molecule has 0 spiro atoms. The van der Waals surface area contributed by atoms with Crippen LogP contribution in [-0.4, -0.2) is 85.5 Å². The number of nitrogens with zero attached hydrogens (tertiary/aromatic N) is 6. The van der Waals surface area contributed by atoms with Crippen LogP contribution in [0, 0.1) is 6.92 Å². The predicted molar refractivity (Wildman–Crippen MR) is 302 cm³/mol. The summed E-state index contributed by atoms with van der Waals surface area (Å²) in [7, 11) is 12.7. The van der Waals surface area contributed by atoms with Gasteiger partial charge in [-0.05, 0) is 88.6 Å². The number of hydrogen-bond donors (Lipinski definition) is 3. The fourth-order valence-corrected chi connectivity index (χ4v) is 8.90. The van der Waals surface area contributed by atoms with Crippen molar-refractivity contribution in [3.05, 3.63) is 161 Å². The molecule has 0 aliphatic carbocycles. The van der Waals surface area contributed by atoms with Crippen molar-refractivity contribution < 1.29 is 37.9 Å². The van der Waals surface area contributed by atoms with Crippen molar-refractivity contribution in [2.24, 2.45) is 0 Å². The Morgan fingerprint density at radius 2 is 0.760 bits per heavy atom. The topological polar surface area (TPSA) is 177 Å². The van der Waals surface area contributed by atoms with Crippen LogP contribution < -0.4 is 54.3 Å². The summed E-state index contributed by atoms with van der Waals surface area (Å²) in [6.45, 7) is 1.99. The van der Waals surface area contributed by atoms with Crippen molar-refractivity contribution in [1.29, 1.82) is 0 Å². The van der Waals surface area contributed by atoms with Crippen molar-refractivity contribution in [3.8, 4) is 63.1 Å². The lowest BCUT2D eigenvalue weighted by Crippen LogP contribution is -1.98. The highest BCUT2D eigenvalue weighted by atomic mass is 79.9. The van der Waals surface area contributed by atoms with Crippen LogP contribution in [0.3, 0.4) is 0 Å². The standard InChI is InChI=1S/C34H34N6O5.C12H15N3O3.C10H6Br2/c1-21-11-26(14-28(41-2)33(21)44-5)39-17-31(35-19-39)37-24-9-7-22-8-10-25(13-23(22)12-24)38-32-18-40(20-36-32)27-15-29(42-3)34(45-6)30(16-27)43-4;1-16-9-4-8(15-6-11(13)14-7-15)5-10(17-2)12(9)18-3;11-9-3-1-7-2-4-10(12)6-8(7)5-9/h7-20,37-38H,1-6H3;4-7H,13H2,1-3H3;1-6H. The van der Waals surface area contributed by atoms with Gasteiger partial charge in [0, 0.05) is 50.7 Å². The molecule has 0 saturated carbocycles. The molecule has 3 heterocycles. The van der Waals surface area contributed by atoms with E-state index in [1.165, 1.54) is 10.8 Å². The highest BCUT2D eigenvalue weighted by Gasteiger charge is 2.17. The summed E-state index contributed by atoms with van der Waals surface area (Å²) in [5.74, 6) is 6.63. The zero-order valence-electron chi connectivity index (χ0n) is 42.6. The minimum Gasteiger partial charge on any atom is -0.493 e. The lowest BCUT2D eigenvalue weighted by molar-refractivity contribution is 0.324. The smallest absolute Gasteiger partial charge is 0.203 e. The van der Waals surface area contributed by atoms with E-state index in [2.05, 4.69) is 118 Å².